The van der Waals surface area contributed by atoms with Gasteiger partial charge in [-0.2, -0.15) is 0 Å². The highest BCUT2D eigenvalue weighted by molar-refractivity contribution is 9.09. The first kappa shape index (κ1) is 17.5. The normalized spacial score (nSPS) is 43.8. The fourth-order valence-electron chi connectivity index (χ4n) is 7.41. The Balaban J connectivity index is 1.29. The van der Waals surface area contributed by atoms with Crippen LogP contribution in [0.3, 0.4) is 0 Å². The highest BCUT2D eigenvalue weighted by Gasteiger charge is 2.51. The Kier molecular flexibility index (Phi) is 4.80. The predicted octanol–water partition coefficient (Wildman–Crippen LogP) is 7.44. The third-order valence-corrected chi connectivity index (χ3v) is 9.63. The van der Waals surface area contributed by atoms with Crippen LogP contribution in [-0.4, -0.2) is 4.83 Å². The molecule has 5 rings (SSSR count). The van der Waals surface area contributed by atoms with E-state index in [0.29, 0.717) is 5.92 Å². The highest BCUT2D eigenvalue weighted by Crippen LogP contribution is 2.59. The molecule has 8 atom stereocenters. The average molecular weight is 413 g/mol. The number of fused-ring (bicyclic) bond motifs is 4. The Morgan fingerprint density at radius 1 is 0.923 bits per heavy atom. The maximum Gasteiger partial charge on any atom is 0.0179 e. The van der Waals surface area contributed by atoms with E-state index < -0.39 is 0 Å². The van der Waals surface area contributed by atoms with Crippen molar-refractivity contribution in [2.45, 2.75) is 69.0 Å². The first-order valence-corrected chi connectivity index (χ1v) is 12.0. The number of allylic oxidation sites excluding steroid dienone is 1. The lowest BCUT2D eigenvalue weighted by Gasteiger charge is -2.47. The zero-order valence-electron chi connectivity index (χ0n) is 16.1. The van der Waals surface area contributed by atoms with Crippen molar-refractivity contribution in [2.24, 2.45) is 35.5 Å². The van der Waals surface area contributed by atoms with Gasteiger partial charge in [-0.15, -0.1) is 0 Å². The van der Waals surface area contributed by atoms with Crippen molar-refractivity contribution in [3.8, 4) is 0 Å². The molecule has 0 heterocycles. The number of alkyl halides is 1. The summed E-state index contributed by atoms with van der Waals surface area (Å²) in [5.41, 5.74) is 3.03. The van der Waals surface area contributed by atoms with Gasteiger partial charge < -0.3 is 0 Å². The summed E-state index contributed by atoms with van der Waals surface area (Å²) in [5, 5.41) is 0. The smallest absolute Gasteiger partial charge is 0.0179 e. The molecule has 26 heavy (non-hydrogen) atoms. The molecule has 0 N–H and O–H groups in total. The molecule has 0 spiro atoms. The van der Waals surface area contributed by atoms with Crippen molar-refractivity contribution >= 4 is 22.0 Å². The highest BCUT2D eigenvalue weighted by atomic mass is 79.9. The fourth-order valence-corrected chi connectivity index (χ4v) is 8.50. The monoisotopic (exact) mass is 412 g/mol. The van der Waals surface area contributed by atoms with Crippen LogP contribution in [-0.2, 0) is 0 Å². The van der Waals surface area contributed by atoms with E-state index in [0.717, 1.165) is 40.3 Å². The summed E-state index contributed by atoms with van der Waals surface area (Å²) in [6.07, 6.45) is 16.6. The molecule has 4 aliphatic carbocycles. The standard InChI is InChI=1S/C25H33Br/c1-16-14-23-21-8-4-5-9-22(21)25(26)15-24(23)19(16)13-12-18-11-10-17-6-2-3-7-20(17)18/h2-3,6-7,10-11,16,18-19,21-25H,4-5,8-9,12-15H2,1H3. The van der Waals surface area contributed by atoms with Crippen LogP contribution < -0.4 is 0 Å². The van der Waals surface area contributed by atoms with Gasteiger partial charge in [0.15, 0.2) is 0 Å². The Labute approximate surface area is 168 Å². The summed E-state index contributed by atoms with van der Waals surface area (Å²) in [6, 6.07) is 9.02. The summed E-state index contributed by atoms with van der Waals surface area (Å²) in [4.78, 5) is 0.800. The number of hydrogen-bond acceptors (Lipinski definition) is 0. The van der Waals surface area contributed by atoms with E-state index in [9.17, 15) is 0 Å². The van der Waals surface area contributed by atoms with Gasteiger partial charge in [-0.3, -0.25) is 0 Å². The molecule has 1 heteroatoms. The Morgan fingerprint density at radius 2 is 1.73 bits per heavy atom. The van der Waals surface area contributed by atoms with Crippen LogP contribution in [0.15, 0.2) is 30.3 Å². The number of rotatable bonds is 3. The van der Waals surface area contributed by atoms with E-state index in [1.54, 1.807) is 5.56 Å². The molecule has 0 radical (unpaired) electrons. The quantitative estimate of drug-likeness (QED) is 0.452. The van der Waals surface area contributed by atoms with E-state index >= 15 is 0 Å². The molecule has 3 fully saturated rings. The van der Waals surface area contributed by atoms with E-state index in [1.807, 2.05) is 0 Å². The Hall–Kier alpha value is -0.560. The molecule has 4 aliphatic rings. The maximum atomic E-state index is 4.14. The SMILES string of the molecule is CC1CC2C(CC(Br)C3CCCCC32)C1CCC1C=Cc2ccccc21. The fraction of sp³-hybridized carbons (Fsp3) is 0.680. The molecule has 0 saturated heterocycles. The summed E-state index contributed by atoms with van der Waals surface area (Å²) in [5.74, 6) is 6.63. The van der Waals surface area contributed by atoms with Gasteiger partial charge in [0.2, 0.25) is 0 Å². The molecule has 0 aromatic heterocycles. The average Bonchev–Trinajstić information content (AvgIpc) is 3.21. The molecule has 8 unspecified atom stereocenters. The lowest BCUT2D eigenvalue weighted by atomic mass is 9.61. The van der Waals surface area contributed by atoms with Crippen LogP contribution in [0.5, 0.6) is 0 Å². The molecule has 0 nitrogen and oxygen atoms in total. The van der Waals surface area contributed by atoms with Gasteiger partial charge in [-0.05, 0) is 85.2 Å². The first-order valence-electron chi connectivity index (χ1n) is 11.1. The molecule has 0 bridgehead atoms. The second-order valence-electron chi connectivity index (χ2n) is 9.74. The first-order chi connectivity index (χ1) is 12.7. The van der Waals surface area contributed by atoms with Crippen molar-refractivity contribution in [1.82, 2.24) is 0 Å². The zero-order valence-corrected chi connectivity index (χ0v) is 17.7. The summed E-state index contributed by atoms with van der Waals surface area (Å²) >= 11 is 4.14. The van der Waals surface area contributed by atoms with Crippen LogP contribution in [0.2, 0.25) is 0 Å². The van der Waals surface area contributed by atoms with Crippen molar-refractivity contribution in [1.29, 1.82) is 0 Å². The third-order valence-electron chi connectivity index (χ3n) is 8.58. The van der Waals surface area contributed by atoms with Gasteiger partial charge in [-0.25, -0.2) is 0 Å². The topological polar surface area (TPSA) is 0 Å². The maximum absolute atomic E-state index is 4.14. The predicted molar refractivity (Wildman–Crippen MR) is 114 cm³/mol. The molecule has 3 saturated carbocycles. The minimum Gasteiger partial charge on any atom is -0.0887 e. The van der Waals surface area contributed by atoms with Gasteiger partial charge in [0.1, 0.15) is 0 Å². The van der Waals surface area contributed by atoms with Gasteiger partial charge in [0.25, 0.3) is 0 Å². The summed E-state index contributed by atoms with van der Waals surface area (Å²) in [6.45, 7) is 2.57. The zero-order chi connectivity index (χ0) is 17.7. The number of benzene rings is 1. The van der Waals surface area contributed by atoms with E-state index in [1.165, 1.54) is 56.9 Å². The number of hydrogen-bond donors (Lipinski definition) is 0. The second-order valence-corrected chi connectivity index (χ2v) is 10.9. The van der Waals surface area contributed by atoms with Gasteiger partial charge in [-0.1, -0.05) is 72.1 Å². The van der Waals surface area contributed by atoms with Crippen LogP contribution in [0.4, 0.5) is 0 Å². The lowest BCUT2D eigenvalue weighted by Crippen LogP contribution is -2.41. The third kappa shape index (κ3) is 2.93. The van der Waals surface area contributed by atoms with E-state index in [4.69, 9.17) is 0 Å². The van der Waals surface area contributed by atoms with E-state index in [2.05, 4.69) is 59.3 Å². The molecule has 1 aromatic carbocycles. The minimum absolute atomic E-state index is 0.670. The lowest BCUT2D eigenvalue weighted by molar-refractivity contribution is 0.0644. The summed E-state index contributed by atoms with van der Waals surface area (Å²) in [7, 11) is 0. The van der Waals surface area contributed by atoms with Crippen LogP contribution >= 0.6 is 15.9 Å². The van der Waals surface area contributed by atoms with Gasteiger partial charge in [0.05, 0.1) is 0 Å². The molecule has 0 amide bonds. The van der Waals surface area contributed by atoms with Crippen molar-refractivity contribution < 1.29 is 0 Å². The van der Waals surface area contributed by atoms with E-state index in [-0.39, 0.29) is 0 Å². The second kappa shape index (κ2) is 7.12. The molecular weight excluding hydrogens is 380 g/mol. The Morgan fingerprint density at radius 3 is 2.62 bits per heavy atom. The van der Waals surface area contributed by atoms with Crippen LogP contribution in [0.1, 0.15) is 75.3 Å². The Bertz CT molecular complexity index is 676. The molecule has 1 aromatic rings. The summed E-state index contributed by atoms with van der Waals surface area (Å²) < 4.78 is 0. The van der Waals surface area contributed by atoms with Crippen molar-refractivity contribution in [3.63, 3.8) is 0 Å². The van der Waals surface area contributed by atoms with Crippen LogP contribution in [0.25, 0.3) is 6.08 Å². The van der Waals surface area contributed by atoms with Crippen molar-refractivity contribution in [3.05, 3.63) is 41.5 Å². The molecule has 140 valence electrons. The van der Waals surface area contributed by atoms with Gasteiger partial charge >= 0.3 is 0 Å². The molecule has 0 aliphatic heterocycles. The van der Waals surface area contributed by atoms with Crippen LogP contribution in [0, 0.1) is 35.5 Å². The molecular formula is C25H33Br. The minimum atomic E-state index is 0.670. The van der Waals surface area contributed by atoms with Gasteiger partial charge in [0, 0.05) is 10.7 Å². The van der Waals surface area contributed by atoms with Crippen molar-refractivity contribution in [2.75, 3.05) is 0 Å². The number of halogens is 1. The largest absolute Gasteiger partial charge is 0.0887 e.